The Kier molecular flexibility index (Phi) is 3.98. The molecule has 2 aromatic rings. The van der Waals surface area contributed by atoms with E-state index in [4.69, 9.17) is 0 Å². The van der Waals surface area contributed by atoms with Crippen molar-refractivity contribution in [3.8, 4) is 0 Å². The first-order valence-electron chi connectivity index (χ1n) is 7.35. The molecular formula is C14H20N6O. The summed E-state index contributed by atoms with van der Waals surface area (Å²) in [6.45, 7) is 3.55. The zero-order valence-corrected chi connectivity index (χ0v) is 12.2. The SMILES string of the molecule is Cc1cn2c(n1)CC[C@@H](NC(=O)CCCn1cncn1)C2. The smallest absolute Gasteiger partial charge is 0.220 e. The number of amides is 1. The first-order chi connectivity index (χ1) is 10.2. The second kappa shape index (κ2) is 6.07. The zero-order valence-electron chi connectivity index (χ0n) is 12.2. The van der Waals surface area contributed by atoms with Gasteiger partial charge in [-0.15, -0.1) is 0 Å². The third kappa shape index (κ3) is 3.48. The van der Waals surface area contributed by atoms with Crippen molar-refractivity contribution < 1.29 is 4.79 Å². The molecule has 112 valence electrons. The van der Waals surface area contributed by atoms with Crippen molar-refractivity contribution in [3.05, 3.63) is 30.4 Å². The van der Waals surface area contributed by atoms with E-state index < -0.39 is 0 Å². The van der Waals surface area contributed by atoms with Gasteiger partial charge in [0.05, 0.1) is 5.69 Å². The maximum Gasteiger partial charge on any atom is 0.220 e. The van der Waals surface area contributed by atoms with Crippen LogP contribution < -0.4 is 5.32 Å². The number of rotatable bonds is 5. The molecule has 0 aliphatic carbocycles. The Hall–Kier alpha value is -2.18. The second-order valence-corrected chi connectivity index (χ2v) is 5.52. The first-order valence-corrected chi connectivity index (χ1v) is 7.35. The van der Waals surface area contributed by atoms with Gasteiger partial charge < -0.3 is 9.88 Å². The van der Waals surface area contributed by atoms with E-state index in [9.17, 15) is 4.79 Å². The van der Waals surface area contributed by atoms with Crippen LogP contribution in [-0.4, -0.2) is 36.3 Å². The summed E-state index contributed by atoms with van der Waals surface area (Å²) in [5.74, 6) is 1.24. The summed E-state index contributed by atoms with van der Waals surface area (Å²) in [4.78, 5) is 20.3. The minimum atomic E-state index is 0.111. The highest BCUT2D eigenvalue weighted by atomic mass is 16.1. The van der Waals surface area contributed by atoms with Gasteiger partial charge in [-0.3, -0.25) is 9.48 Å². The molecule has 1 N–H and O–H groups in total. The fourth-order valence-electron chi connectivity index (χ4n) is 2.75. The molecule has 3 rings (SSSR count). The molecule has 7 nitrogen and oxygen atoms in total. The van der Waals surface area contributed by atoms with Crippen molar-refractivity contribution in [2.45, 2.75) is 51.7 Å². The van der Waals surface area contributed by atoms with Gasteiger partial charge >= 0.3 is 0 Å². The van der Waals surface area contributed by atoms with Crippen LogP contribution in [0.1, 0.15) is 30.8 Å². The van der Waals surface area contributed by atoms with Crippen LogP contribution in [0.25, 0.3) is 0 Å². The third-order valence-corrected chi connectivity index (χ3v) is 3.74. The van der Waals surface area contributed by atoms with Gasteiger partial charge in [-0.2, -0.15) is 5.10 Å². The molecule has 0 spiro atoms. The quantitative estimate of drug-likeness (QED) is 0.878. The number of hydrogen-bond donors (Lipinski definition) is 1. The molecule has 0 fully saturated rings. The molecular weight excluding hydrogens is 268 g/mol. The van der Waals surface area contributed by atoms with Crippen molar-refractivity contribution in [3.63, 3.8) is 0 Å². The monoisotopic (exact) mass is 288 g/mol. The van der Waals surface area contributed by atoms with Crippen molar-refractivity contribution in [1.82, 2.24) is 29.6 Å². The summed E-state index contributed by atoms with van der Waals surface area (Å²) < 4.78 is 3.90. The molecule has 1 amide bonds. The number of aromatic nitrogens is 5. The van der Waals surface area contributed by atoms with Gasteiger partial charge in [0.1, 0.15) is 18.5 Å². The number of hydrogen-bond acceptors (Lipinski definition) is 4. The Morgan fingerprint density at radius 3 is 3.24 bits per heavy atom. The number of nitrogens with zero attached hydrogens (tertiary/aromatic N) is 5. The van der Waals surface area contributed by atoms with Gasteiger partial charge in [-0.25, -0.2) is 9.97 Å². The lowest BCUT2D eigenvalue weighted by atomic mass is 10.1. The lowest BCUT2D eigenvalue weighted by Gasteiger charge is -2.24. The molecule has 1 aliphatic rings. The molecule has 21 heavy (non-hydrogen) atoms. The molecule has 7 heteroatoms. The summed E-state index contributed by atoms with van der Waals surface area (Å²) >= 11 is 0. The number of imidazole rings is 1. The number of fused-ring (bicyclic) bond motifs is 1. The van der Waals surface area contributed by atoms with Crippen LogP contribution in [0.4, 0.5) is 0 Å². The van der Waals surface area contributed by atoms with Crippen LogP contribution in [0, 0.1) is 6.92 Å². The number of carbonyl (C=O) groups is 1. The largest absolute Gasteiger partial charge is 0.352 e. The van der Waals surface area contributed by atoms with E-state index in [-0.39, 0.29) is 11.9 Å². The van der Waals surface area contributed by atoms with Gasteiger partial charge in [0.2, 0.25) is 5.91 Å². The Morgan fingerprint density at radius 2 is 2.43 bits per heavy atom. The molecule has 0 unspecified atom stereocenters. The van der Waals surface area contributed by atoms with Gasteiger partial charge in [0.15, 0.2) is 0 Å². The van der Waals surface area contributed by atoms with E-state index in [0.29, 0.717) is 6.42 Å². The van der Waals surface area contributed by atoms with E-state index in [0.717, 1.165) is 43.9 Å². The topological polar surface area (TPSA) is 77.6 Å². The van der Waals surface area contributed by atoms with E-state index in [1.54, 1.807) is 11.0 Å². The van der Waals surface area contributed by atoms with Gasteiger partial charge in [-0.05, 0) is 19.8 Å². The van der Waals surface area contributed by atoms with E-state index in [1.165, 1.54) is 6.33 Å². The Labute approximate surface area is 123 Å². The standard InChI is InChI=1S/C14H20N6O/c1-11-7-19-8-12(4-5-13(19)17-11)18-14(21)3-2-6-20-10-15-9-16-20/h7,9-10,12H,2-6,8H2,1H3,(H,18,21)/t12-/m1/s1. The van der Waals surface area contributed by atoms with Crippen LogP contribution in [0.15, 0.2) is 18.9 Å². The van der Waals surface area contributed by atoms with Crippen molar-refractivity contribution in [1.29, 1.82) is 0 Å². The van der Waals surface area contributed by atoms with Crippen LogP contribution in [0.3, 0.4) is 0 Å². The van der Waals surface area contributed by atoms with Gasteiger partial charge in [0.25, 0.3) is 0 Å². The summed E-state index contributed by atoms with van der Waals surface area (Å²) in [7, 11) is 0. The summed E-state index contributed by atoms with van der Waals surface area (Å²) in [6, 6.07) is 0.213. The zero-order chi connectivity index (χ0) is 14.7. The molecule has 1 aliphatic heterocycles. The van der Waals surface area contributed by atoms with E-state index in [2.05, 4.69) is 31.1 Å². The molecule has 0 radical (unpaired) electrons. The fraction of sp³-hybridized carbons (Fsp3) is 0.571. The van der Waals surface area contributed by atoms with Crippen LogP contribution in [0.2, 0.25) is 0 Å². The van der Waals surface area contributed by atoms with Gasteiger partial charge in [0, 0.05) is 38.2 Å². The fourth-order valence-corrected chi connectivity index (χ4v) is 2.75. The summed E-state index contributed by atoms with van der Waals surface area (Å²) in [6.07, 6.45) is 8.42. The van der Waals surface area contributed by atoms with Gasteiger partial charge in [-0.1, -0.05) is 0 Å². The average molecular weight is 288 g/mol. The van der Waals surface area contributed by atoms with Crippen LogP contribution >= 0.6 is 0 Å². The lowest BCUT2D eigenvalue weighted by molar-refractivity contribution is -0.122. The minimum absolute atomic E-state index is 0.111. The Bertz CT molecular complexity index is 603. The molecule has 0 saturated heterocycles. The number of aryl methyl sites for hydroxylation is 3. The number of carbonyl (C=O) groups excluding carboxylic acids is 1. The maximum atomic E-state index is 12.0. The predicted molar refractivity (Wildman–Crippen MR) is 76.5 cm³/mol. The predicted octanol–water partition coefficient (Wildman–Crippen LogP) is 0.694. The molecule has 0 aromatic carbocycles. The highest BCUT2D eigenvalue weighted by molar-refractivity contribution is 5.76. The van der Waals surface area contributed by atoms with Crippen molar-refractivity contribution in [2.24, 2.45) is 0 Å². The lowest BCUT2D eigenvalue weighted by Crippen LogP contribution is -2.40. The van der Waals surface area contributed by atoms with Crippen molar-refractivity contribution >= 4 is 5.91 Å². The molecule has 0 saturated carbocycles. The highest BCUT2D eigenvalue weighted by Crippen LogP contribution is 2.15. The van der Waals surface area contributed by atoms with Crippen LogP contribution in [0.5, 0.6) is 0 Å². The van der Waals surface area contributed by atoms with Crippen LogP contribution in [-0.2, 0) is 24.3 Å². The Balaban J connectivity index is 1.43. The molecule has 3 heterocycles. The van der Waals surface area contributed by atoms with Crippen molar-refractivity contribution in [2.75, 3.05) is 0 Å². The summed E-state index contributed by atoms with van der Waals surface area (Å²) in [5, 5.41) is 7.14. The first kappa shape index (κ1) is 13.8. The second-order valence-electron chi connectivity index (χ2n) is 5.52. The molecule has 0 bridgehead atoms. The maximum absolute atomic E-state index is 12.0. The normalized spacial score (nSPS) is 17.5. The summed E-state index contributed by atoms with van der Waals surface area (Å²) in [5.41, 5.74) is 1.05. The number of nitrogens with one attached hydrogen (secondary N) is 1. The van der Waals surface area contributed by atoms with E-state index in [1.807, 2.05) is 6.92 Å². The molecule has 1 atom stereocenters. The highest BCUT2D eigenvalue weighted by Gasteiger charge is 2.20. The average Bonchev–Trinajstić information content (AvgIpc) is 3.06. The van der Waals surface area contributed by atoms with E-state index >= 15 is 0 Å². The minimum Gasteiger partial charge on any atom is -0.352 e. The Morgan fingerprint density at radius 1 is 1.52 bits per heavy atom. The third-order valence-electron chi connectivity index (χ3n) is 3.74. The molecule has 2 aromatic heterocycles.